The molecule has 0 bridgehead atoms. The Morgan fingerprint density at radius 1 is 1.20 bits per heavy atom. The predicted octanol–water partition coefficient (Wildman–Crippen LogP) is 2.46. The van der Waals surface area contributed by atoms with Gasteiger partial charge in [-0.25, -0.2) is 0 Å². The maximum Gasteiger partial charge on any atom is 0.250 e. The zero-order chi connectivity index (χ0) is 14.3. The molecule has 20 heavy (non-hydrogen) atoms. The summed E-state index contributed by atoms with van der Waals surface area (Å²) in [5.74, 6) is 0.0494. The minimum Gasteiger partial charge on any atom is -0.329 e. The van der Waals surface area contributed by atoms with Crippen molar-refractivity contribution in [2.75, 3.05) is 11.4 Å². The number of halogens is 1. The summed E-state index contributed by atoms with van der Waals surface area (Å²) < 4.78 is 0. The van der Waals surface area contributed by atoms with E-state index < -0.39 is 6.04 Å². The summed E-state index contributed by atoms with van der Waals surface area (Å²) in [4.78, 5) is 28.5. The molecule has 0 radical (unpaired) electrons. The molecule has 2 heterocycles. The van der Waals surface area contributed by atoms with Crippen LogP contribution in [0.25, 0.3) is 0 Å². The standard InChI is InChI=1S/C15H17ClN2O2/c1-10-14(19)17-8-3-2-7-13(17)15(20)18(10)12-6-4-5-11(16)9-12/h4-6,9-10,13H,2-3,7-8H2,1H3. The van der Waals surface area contributed by atoms with Crippen molar-refractivity contribution in [1.29, 1.82) is 0 Å². The highest BCUT2D eigenvalue weighted by molar-refractivity contribution is 6.31. The summed E-state index contributed by atoms with van der Waals surface area (Å²) in [6.07, 6.45) is 2.74. The molecule has 0 aliphatic carbocycles. The number of anilines is 1. The van der Waals surface area contributed by atoms with Gasteiger partial charge >= 0.3 is 0 Å². The van der Waals surface area contributed by atoms with Crippen LogP contribution in [0.2, 0.25) is 5.02 Å². The van der Waals surface area contributed by atoms with Gasteiger partial charge in [-0.3, -0.25) is 14.5 Å². The van der Waals surface area contributed by atoms with E-state index in [4.69, 9.17) is 11.6 Å². The Hall–Kier alpha value is -1.55. The number of carbonyl (C=O) groups is 2. The van der Waals surface area contributed by atoms with Crippen molar-refractivity contribution in [2.45, 2.75) is 38.3 Å². The molecular weight excluding hydrogens is 276 g/mol. The summed E-state index contributed by atoms with van der Waals surface area (Å²) >= 11 is 6.00. The molecule has 0 saturated carbocycles. The molecule has 2 fully saturated rings. The molecule has 4 nitrogen and oxygen atoms in total. The molecule has 3 rings (SSSR count). The predicted molar refractivity (Wildman–Crippen MR) is 77.8 cm³/mol. The fraction of sp³-hybridized carbons (Fsp3) is 0.467. The van der Waals surface area contributed by atoms with Gasteiger partial charge in [0.25, 0.3) is 5.91 Å². The van der Waals surface area contributed by atoms with Crippen molar-refractivity contribution in [3.8, 4) is 0 Å². The van der Waals surface area contributed by atoms with Crippen LogP contribution < -0.4 is 4.90 Å². The van der Waals surface area contributed by atoms with E-state index in [9.17, 15) is 9.59 Å². The Labute approximate surface area is 123 Å². The molecule has 2 saturated heterocycles. The van der Waals surface area contributed by atoms with E-state index in [0.717, 1.165) is 19.3 Å². The molecule has 2 aliphatic heterocycles. The van der Waals surface area contributed by atoms with E-state index in [1.165, 1.54) is 0 Å². The largest absolute Gasteiger partial charge is 0.329 e. The Balaban J connectivity index is 1.98. The summed E-state index contributed by atoms with van der Waals surface area (Å²) in [6, 6.07) is 6.36. The van der Waals surface area contributed by atoms with Crippen LogP contribution in [-0.2, 0) is 9.59 Å². The third kappa shape index (κ3) is 2.08. The lowest BCUT2D eigenvalue weighted by Crippen LogP contribution is -2.65. The zero-order valence-electron chi connectivity index (χ0n) is 11.4. The van der Waals surface area contributed by atoms with Crippen LogP contribution >= 0.6 is 11.6 Å². The number of fused-ring (bicyclic) bond motifs is 1. The Morgan fingerprint density at radius 3 is 2.75 bits per heavy atom. The number of carbonyl (C=O) groups excluding carboxylic acids is 2. The van der Waals surface area contributed by atoms with Crippen molar-refractivity contribution >= 4 is 29.1 Å². The molecule has 5 heteroatoms. The highest BCUT2D eigenvalue weighted by Crippen LogP contribution is 2.31. The molecule has 0 aromatic heterocycles. The van der Waals surface area contributed by atoms with Gasteiger partial charge in [-0.1, -0.05) is 17.7 Å². The normalized spacial score (nSPS) is 26.7. The average Bonchev–Trinajstić information content (AvgIpc) is 2.45. The van der Waals surface area contributed by atoms with Crippen LogP contribution in [0.3, 0.4) is 0 Å². The number of piperidine rings is 1. The van der Waals surface area contributed by atoms with E-state index in [0.29, 0.717) is 17.3 Å². The van der Waals surface area contributed by atoms with Crippen LogP contribution in [0, 0.1) is 0 Å². The lowest BCUT2D eigenvalue weighted by molar-refractivity contribution is -0.147. The van der Waals surface area contributed by atoms with Crippen molar-refractivity contribution in [3.63, 3.8) is 0 Å². The second-order valence-electron chi connectivity index (χ2n) is 5.41. The number of amides is 2. The van der Waals surface area contributed by atoms with Crippen molar-refractivity contribution in [3.05, 3.63) is 29.3 Å². The van der Waals surface area contributed by atoms with E-state index in [1.807, 2.05) is 6.07 Å². The monoisotopic (exact) mass is 292 g/mol. The van der Waals surface area contributed by atoms with Gasteiger partial charge in [0.1, 0.15) is 12.1 Å². The third-order valence-corrected chi connectivity index (χ3v) is 4.37. The van der Waals surface area contributed by atoms with Gasteiger partial charge in [0.15, 0.2) is 0 Å². The first-order valence-electron chi connectivity index (χ1n) is 6.98. The van der Waals surface area contributed by atoms with Crippen molar-refractivity contribution in [1.82, 2.24) is 4.90 Å². The third-order valence-electron chi connectivity index (χ3n) is 4.14. The first kappa shape index (κ1) is 13.4. The van der Waals surface area contributed by atoms with Crippen LogP contribution in [0.4, 0.5) is 5.69 Å². The summed E-state index contributed by atoms with van der Waals surface area (Å²) in [5.41, 5.74) is 0.702. The minimum absolute atomic E-state index is 0.0130. The molecule has 2 unspecified atom stereocenters. The van der Waals surface area contributed by atoms with Gasteiger partial charge in [-0.2, -0.15) is 0 Å². The van der Waals surface area contributed by atoms with E-state index in [1.54, 1.807) is 34.9 Å². The Bertz CT molecular complexity index is 561. The second kappa shape index (κ2) is 5.09. The van der Waals surface area contributed by atoms with Crippen LogP contribution in [0.15, 0.2) is 24.3 Å². The number of benzene rings is 1. The number of rotatable bonds is 1. The van der Waals surface area contributed by atoms with Crippen LogP contribution in [-0.4, -0.2) is 35.3 Å². The molecule has 2 atom stereocenters. The molecule has 0 N–H and O–H groups in total. The number of nitrogens with zero attached hydrogens (tertiary/aromatic N) is 2. The zero-order valence-corrected chi connectivity index (χ0v) is 12.1. The molecule has 0 spiro atoms. The van der Waals surface area contributed by atoms with Crippen molar-refractivity contribution in [2.24, 2.45) is 0 Å². The Kier molecular flexibility index (Phi) is 3.42. The molecule has 2 amide bonds. The second-order valence-corrected chi connectivity index (χ2v) is 5.84. The van der Waals surface area contributed by atoms with Crippen LogP contribution in [0.5, 0.6) is 0 Å². The first-order valence-corrected chi connectivity index (χ1v) is 7.36. The molecular formula is C15H17ClN2O2. The highest BCUT2D eigenvalue weighted by atomic mass is 35.5. The number of piperazine rings is 1. The lowest BCUT2D eigenvalue weighted by atomic mass is 9.95. The van der Waals surface area contributed by atoms with Gasteiger partial charge in [0.05, 0.1) is 0 Å². The van der Waals surface area contributed by atoms with Crippen LogP contribution in [0.1, 0.15) is 26.2 Å². The average molecular weight is 293 g/mol. The van der Waals surface area contributed by atoms with Gasteiger partial charge in [-0.05, 0) is 44.4 Å². The van der Waals surface area contributed by atoms with Gasteiger partial charge in [0, 0.05) is 17.3 Å². The molecule has 106 valence electrons. The maximum absolute atomic E-state index is 12.7. The highest BCUT2D eigenvalue weighted by Gasteiger charge is 2.45. The summed E-state index contributed by atoms with van der Waals surface area (Å²) in [5, 5.41) is 0.570. The lowest BCUT2D eigenvalue weighted by Gasteiger charge is -2.46. The van der Waals surface area contributed by atoms with E-state index >= 15 is 0 Å². The van der Waals surface area contributed by atoms with Crippen molar-refractivity contribution < 1.29 is 9.59 Å². The van der Waals surface area contributed by atoms with E-state index in [-0.39, 0.29) is 17.9 Å². The minimum atomic E-state index is -0.463. The van der Waals surface area contributed by atoms with E-state index in [2.05, 4.69) is 0 Å². The number of hydrogen-bond acceptors (Lipinski definition) is 2. The quantitative estimate of drug-likeness (QED) is 0.798. The van der Waals surface area contributed by atoms with Gasteiger partial charge < -0.3 is 4.90 Å². The molecule has 1 aromatic rings. The molecule has 1 aromatic carbocycles. The fourth-order valence-electron chi connectivity index (χ4n) is 3.13. The first-order chi connectivity index (χ1) is 9.59. The topological polar surface area (TPSA) is 40.6 Å². The molecule has 2 aliphatic rings. The smallest absolute Gasteiger partial charge is 0.250 e. The van der Waals surface area contributed by atoms with Gasteiger partial charge in [0.2, 0.25) is 5.91 Å². The summed E-state index contributed by atoms with van der Waals surface area (Å²) in [7, 11) is 0. The summed E-state index contributed by atoms with van der Waals surface area (Å²) in [6.45, 7) is 2.48. The number of hydrogen-bond donors (Lipinski definition) is 0. The Morgan fingerprint density at radius 2 is 2.00 bits per heavy atom. The fourth-order valence-corrected chi connectivity index (χ4v) is 3.32. The SMILES string of the molecule is CC1C(=O)N2CCCCC2C(=O)N1c1cccc(Cl)c1. The maximum atomic E-state index is 12.7. The van der Waals surface area contributed by atoms with Gasteiger partial charge in [-0.15, -0.1) is 0 Å².